The van der Waals surface area contributed by atoms with Gasteiger partial charge in [0, 0.05) is 11.8 Å². The van der Waals surface area contributed by atoms with Gasteiger partial charge in [-0.15, -0.1) is 12.4 Å². The monoisotopic (exact) mass is 287 g/mol. The lowest BCUT2D eigenvalue weighted by molar-refractivity contribution is 0.256. The molecule has 2 unspecified atom stereocenters. The van der Waals surface area contributed by atoms with Crippen molar-refractivity contribution in [1.82, 2.24) is 15.5 Å². The Morgan fingerprint density at radius 2 is 2.16 bits per heavy atom. The van der Waals surface area contributed by atoms with Gasteiger partial charge in [-0.1, -0.05) is 32.9 Å². The first-order valence-electron chi connectivity index (χ1n) is 7.00. The number of aromatic nitrogens is 2. The van der Waals surface area contributed by atoms with Gasteiger partial charge in [0.05, 0.1) is 0 Å². The predicted octanol–water partition coefficient (Wildman–Crippen LogP) is 2.97. The van der Waals surface area contributed by atoms with E-state index < -0.39 is 0 Å². The maximum atomic E-state index is 5.37. The van der Waals surface area contributed by atoms with Crippen LogP contribution >= 0.6 is 12.4 Å². The molecule has 0 bridgehead atoms. The molecule has 1 aliphatic rings. The summed E-state index contributed by atoms with van der Waals surface area (Å²) < 4.78 is 5.37. The number of hydrogen-bond donors (Lipinski definition) is 1. The first kappa shape index (κ1) is 16.4. The quantitative estimate of drug-likeness (QED) is 0.929. The Morgan fingerprint density at radius 3 is 2.68 bits per heavy atom. The topological polar surface area (TPSA) is 51.0 Å². The Balaban J connectivity index is 0.00000180. The summed E-state index contributed by atoms with van der Waals surface area (Å²) in [6, 6.07) is 0. The molecule has 0 aromatic carbocycles. The Bertz CT molecular complexity index is 380. The zero-order chi connectivity index (χ0) is 13.2. The largest absolute Gasteiger partial charge is 0.339 e. The highest BCUT2D eigenvalue weighted by molar-refractivity contribution is 5.85. The normalized spacial score (nSPS) is 21.8. The van der Waals surface area contributed by atoms with Crippen LogP contribution in [-0.2, 0) is 11.8 Å². The molecular weight excluding hydrogens is 262 g/mol. The average Bonchev–Trinajstić information content (AvgIpc) is 2.78. The highest BCUT2D eigenvalue weighted by atomic mass is 35.5. The van der Waals surface area contributed by atoms with Crippen LogP contribution in [0, 0.1) is 11.8 Å². The van der Waals surface area contributed by atoms with E-state index in [-0.39, 0.29) is 17.8 Å². The maximum absolute atomic E-state index is 5.37. The second-order valence-corrected chi connectivity index (χ2v) is 6.55. The second kappa shape index (κ2) is 6.71. The Kier molecular flexibility index (Phi) is 5.81. The van der Waals surface area contributed by atoms with E-state index in [4.69, 9.17) is 4.52 Å². The van der Waals surface area contributed by atoms with E-state index in [1.54, 1.807) is 0 Å². The molecule has 2 rings (SSSR count). The van der Waals surface area contributed by atoms with Crippen LogP contribution in [0.3, 0.4) is 0 Å². The number of nitrogens with zero attached hydrogens (tertiary/aromatic N) is 2. The van der Waals surface area contributed by atoms with Crippen molar-refractivity contribution in [3.63, 3.8) is 0 Å². The third kappa shape index (κ3) is 4.46. The Hall–Kier alpha value is -0.610. The van der Waals surface area contributed by atoms with E-state index in [9.17, 15) is 0 Å². The van der Waals surface area contributed by atoms with Gasteiger partial charge in [-0.3, -0.25) is 0 Å². The molecule has 0 radical (unpaired) electrons. The molecule has 0 saturated carbocycles. The summed E-state index contributed by atoms with van der Waals surface area (Å²) in [7, 11) is 0. The van der Waals surface area contributed by atoms with Gasteiger partial charge in [0.15, 0.2) is 5.82 Å². The van der Waals surface area contributed by atoms with Gasteiger partial charge < -0.3 is 9.84 Å². The van der Waals surface area contributed by atoms with Crippen LogP contribution in [0.15, 0.2) is 4.52 Å². The Labute approximate surface area is 122 Å². The fourth-order valence-corrected chi connectivity index (χ4v) is 2.45. The van der Waals surface area contributed by atoms with Crippen molar-refractivity contribution in [2.75, 3.05) is 13.1 Å². The number of hydrogen-bond acceptors (Lipinski definition) is 4. The van der Waals surface area contributed by atoms with Crippen molar-refractivity contribution in [3.8, 4) is 0 Å². The van der Waals surface area contributed by atoms with Crippen LogP contribution < -0.4 is 5.32 Å². The predicted molar refractivity (Wildman–Crippen MR) is 78.7 cm³/mol. The van der Waals surface area contributed by atoms with Crippen LogP contribution in [0.25, 0.3) is 0 Å². The first-order valence-corrected chi connectivity index (χ1v) is 7.00. The minimum absolute atomic E-state index is 0. The third-order valence-electron chi connectivity index (χ3n) is 3.78. The van der Waals surface area contributed by atoms with Gasteiger partial charge in [0.1, 0.15) is 0 Å². The zero-order valence-corrected chi connectivity index (χ0v) is 13.2. The van der Waals surface area contributed by atoms with Crippen molar-refractivity contribution in [1.29, 1.82) is 0 Å². The van der Waals surface area contributed by atoms with Gasteiger partial charge in [0.25, 0.3) is 0 Å². The molecule has 1 aromatic heterocycles. The van der Waals surface area contributed by atoms with E-state index in [1.165, 1.54) is 12.8 Å². The lowest BCUT2D eigenvalue weighted by Gasteiger charge is -2.27. The molecule has 1 saturated heterocycles. The number of nitrogens with one attached hydrogen (secondary N) is 1. The lowest BCUT2D eigenvalue weighted by atomic mass is 9.85. The summed E-state index contributed by atoms with van der Waals surface area (Å²) >= 11 is 0. The highest BCUT2D eigenvalue weighted by Gasteiger charge is 2.24. The maximum Gasteiger partial charge on any atom is 0.226 e. The van der Waals surface area contributed by atoms with Gasteiger partial charge in [0.2, 0.25) is 5.89 Å². The molecule has 1 N–H and O–H groups in total. The molecule has 1 fully saturated rings. The first-order chi connectivity index (χ1) is 8.47. The molecule has 1 aliphatic heterocycles. The number of piperidine rings is 1. The molecular formula is C14H26ClN3O. The number of halogens is 1. The van der Waals surface area contributed by atoms with Crippen LogP contribution in [0.5, 0.6) is 0 Å². The molecule has 1 aromatic rings. The van der Waals surface area contributed by atoms with Gasteiger partial charge in [-0.05, 0) is 37.8 Å². The second-order valence-electron chi connectivity index (χ2n) is 6.55. The molecule has 2 heterocycles. The fraction of sp³-hybridized carbons (Fsp3) is 0.857. The molecule has 19 heavy (non-hydrogen) atoms. The van der Waals surface area contributed by atoms with Crippen molar-refractivity contribution >= 4 is 12.4 Å². The van der Waals surface area contributed by atoms with Crippen LogP contribution in [0.4, 0.5) is 0 Å². The standard InChI is InChI=1S/C14H25N3O.ClH/c1-10(11-6-5-7-15-9-11)8-12-16-13(17-18-12)14(2,3)4;/h10-11,15H,5-9H2,1-4H3;1H. The SMILES string of the molecule is CC(Cc1nc(C(C)(C)C)no1)C1CCCNC1.Cl. The van der Waals surface area contributed by atoms with E-state index in [0.717, 1.165) is 37.1 Å². The summed E-state index contributed by atoms with van der Waals surface area (Å²) in [6.07, 6.45) is 3.50. The molecule has 110 valence electrons. The number of rotatable bonds is 3. The summed E-state index contributed by atoms with van der Waals surface area (Å²) in [5.74, 6) is 2.94. The molecule has 5 heteroatoms. The minimum Gasteiger partial charge on any atom is -0.339 e. The average molecular weight is 288 g/mol. The van der Waals surface area contributed by atoms with Crippen LogP contribution in [-0.4, -0.2) is 23.2 Å². The van der Waals surface area contributed by atoms with Crippen molar-refractivity contribution in [2.24, 2.45) is 11.8 Å². The Morgan fingerprint density at radius 1 is 1.42 bits per heavy atom. The highest BCUT2D eigenvalue weighted by Crippen LogP contribution is 2.24. The van der Waals surface area contributed by atoms with Gasteiger partial charge >= 0.3 is 0 Å². The van der Waals surface area contributed by atoms with E-state index in [1.807, 2.05) is 0 Å². The summed E-state index contributed by atoms with van der Waals surface area (Å²) in [6.45, 7) is 10.9. The van der Waals surface area contributed by atoms with Crippen LogP contribution in [0.1, 0.15) is 52.3 Å². The van der Waals surface area contributed by atoms with Crippen molar-refractivity contribution in [3.05, 3.63) is 11.7 Å². The van der Waals surface area contributed by atoms with E-state index in [0.29, 0.717) is 5.92 Å². The fourth-order valence-electron chi connectivity index (χ4n) is 2.45. The van der Waals surface area contributed by atoms with E-state index >= 15 is 0 Å². The smallest absolute Gasteiger partial charge is 0.226 e. The molecule has 0 amide bonds. The lowest BCUT2D eigenvalue weighted by Crippen LogP contribution is -2.33. The molecule has 4 nitrogen and oxygen atoms in total. The van der Waals surface area contributed by atoms with Crippen molar-refractivity contribution < 1.29 is 4.52 Å². The van der Waals surface area contributed by atoms with E-state index in [2.05, 4.69) is 43.2 Å². The van der Waals surface area contributed by atoms with Gasteiger partial charge in [-0.2, -0.15) is 4.98 Å². The van der Waals surface area contributed by atoms with Gasteiger partial charge in [-0.25, -0.2) is 0 Å². The summed E-state index contributed by atoms with van der Waals surface area (Å²) in [4.78, 5) is 4.52. The van der Waals surface area contributed by atoms with Crippen LogP contribution in [0.2, 0.25) is 0 Å². The van der Waals surface area contributed by atoms with Crippen molar-refractivity contribution in [2.45, 2.75) is 52.4 Å². The zero-order valence-electron chi connectivity index (χ0n) is 12.4. The molecule has 2 atom stereocenters. The summed E-state index contributed by atoms with van der Waals surface area (Å²) in [5.41, 5.74) is -0.0304. The molecule has 0 spiro atoms. The third-order valence-corrected chi connectivity index (χ3v) is 3.78. The molecule has 0 aliphatic carbocycles. The minimum atomic E-state index is -0.0304. The summed E-state index contributed by atoms with van der Waals surface area (Å²) in [5, 5.41) is 7.55.